The Kier molecular flexibility index (Phi) is 8.83. The maximum absolute atomic E-state index is 13.3. The van der Waals surface area contributed by atoms with E-state index in [2.05, 4.69) is 53.9 Å². The number of aromatic nitrogens is 2. The van der Waals surface area contributed by atoms with Crippen LogP contribution in [0.3, 0.4) is 0 Å². The second kappa shape index (κ2) is 12.1. The Morgan fingerprint density at radius 2 is 1.97 bits per heavy atom. The van der Waals surface area contributed by atoms with Gasteiger partial charge in [-0.2, -0.15) is 9.78 Å². The Morgan fingerprint density at radius 1 is 1.21 bits per heavy atom. The number of carbonyl (C=O) groups is 1. The monoisotopic (exact) mass is 688 g/mol. The van der Waals surface area contributed by atoms with Gasteiger partial charge in [-0.1, -0.05) is 48.0 Å². The fourth-order valence-corrected chi connectivity index (χ4v) is 4.91. The van der Waals surface area contributed by atoms with Crippen LogP contribution < -0.4 is 20.3 Å². The highest BCUT2D eigenvalue weighted by atomic mass is 127. The molecule has 4 aromatic rings. The van der Waals surface area contributed by atoms with E-state index in [0.717, 1.165) is 19.3 Å². The third-order valence-electron chi connectivity index (χ3n) is 5.69. The minimum Gasteiger partial charge on any atom is -0.493 e. The van der Waals surface area contributed by atoms with Gasteiger partial charge < -0.3 is 14.8 Å². The molecule has 0 fully saturated rings. The number of amides is 1. The van der Waals surface area contributed by atoms with Crippen molar-refractivity contribution < 1.29 is 14.3 Å². The average molecular weight is 689 g/mol. The molecular formula is C28H26BrIN4O4. The first-order valence-electron chi connectivity index (χ1n) is 11.8. The van der Waals surface area contributed by atoms with Crippen LogP contribution in [0, 0.1) is 10.5 Å². The molecule has 38 heavy (non-hydrogen) atoms. The fraction of sp³-hybridized carbons (Fsp3) is 0.214. The summed E-state index contributed by atoms with van der Waals surface area (Å²) in [6.07, 6.45) is 1.58. The van der Waals surface area contributed by atoms with Gasteiger partial charge in [0.15, 0.2) is 18.1 Å². The first-order chi connectivity index (χ1) is 18.2. The van der Waals surface area contributed by atoms with E-state index < -0.39 is 0 Å². The summed E-state index contributed by atoms with van der Waals surface area (Å²) in [5.74, 6) is 1.15. The van der Waals surface area contributed by atoms with Crippen molar-refractivity contribution in [2.45, 2.75) is 26.7 Å². The van der Waals surface area contributed by atoms with Gasteiger partial charge >= 0.3 is 0 Å². The molecule has 0 spiro atoms. The normalized spacial score (nSPS) is 11.3. The highest BCUT2D eigenvalue weighted by Crippen LogP contribution is 2.33. The zero-order valence-electron chi connectivity index (χ0n) is 21.3. The lowest BCUT2D eigenvalue weighted by atomic mass is 10.2. The highest BCUT2D eigenvalue weighted by Gasteiger charge is 2.16. The van der Waals surface area contributed by atoms with Crippen LogP contribution in [0.2, 0.25) is 0 Å². The quantitative estimate of drug-likeness (QED) is 0.178. The molecule has 0 saturated carbocycles. The van der Waals surface area contributed by atoms with Crippen LogP contribution in [-0.2, 0) is 4.79 Å². The molecular weight excluding hydrogens is 663 g/mol. The summed E-state index contributed by atoms with van der Waals surface area (Å²) in [7, 11) is 1.53. The summed E-state index contributed by atoms with van der Waals surface area (Å²) < 4.78 is 14.2. The Balaban J connectivity index is 1.60. The Labute approximate surface area is 242 Å². The van der Waals surface area contributed by atoms with E-state index in [9.17, 15) is 9.59 Å². The van der Waals surface area contributed by atoms with Gasteiger partial charge in [0, 0.05) is 16.1 Å². The van der Waals surface area contributed by atoms with E-state index in [1.165, 1.54) is 11.8 Å². The van der Waals surface area contributed by atoms with E-state index in [1.807, 2.05) is 63.2 Å². The molecule has 1 heterocycles. The van der Waals surface area contributed by atoms with Gasteiger partial charge in [-0.15, -0.1) is 0 Å². The Morgan fingerprint density at radius 3 is 2.68 bits per heavy atom. The number of ether oxygens (including phenoxy) is 2. The molecule has 196 valence electrons. The maximum Gasteiger partial charge on any atom is 0.282 e. The molecule has 8 nitrogen and oxygen atoms in total. The van der Waals surface area contributed by atoms with Gasteiger partial charge in [0.2, 0.25) is 0 Å². The second-order valence-electron chi connectivity index (χ2n) is 8.83. The average Bonchev–Trinajstić information content (AvgIpc) is 2.88. The summed E-state index contributed by atoms with van der Waals surface area (Å²) in [6, 6.07) is 16.5. The first kappa shape index (κ1) is 27.8. The molecule has 3 aromatic carbocycles. The minimum absolute atomic E-state index is 0.0239. The van der Waals surface area contributed by atoms with Crippen LogP contribution in [0.4, 0.5) is 5.69 Å². The number of nitrogens with one attached hydrogen (secondary N) is 1. The number of methoxy groups -OCH3 is 1. The van der Waals surface area contributed by atoms with E-state index in [1.54, 1.807) is 18.3 Å². The Bertz CT molecular complexity index is 1600. The van der Waals surface area contributed by atoms with Gasteiger partial charge in [0.25, 0.3) is 11.5 Å². The molecule has 1 aromatic heterocycles. The van der Waals surface area contributed by atoms with Gasteiger partial charge in [0.05, 0.1) is 27.8 Å². The van der Waals surface area contributed by atoms with Gasteiger partial charge in [-0.25, -0.2) is 4.98 Å². The van der Waals surface area contributed by atoms with Gasteiger partial charge in [-0.3, -0.25) is 9.59 Å². The van der Waals surface area contributed by atoms with Crippen molar-refractivity contribution in [2.24, 2.45) is 5.10 Å². The molecule has 10 heteroatoms. The van der Waals surface area contributed by atoms with Crippen molar-refractivity contribution in [3.8, 4) is 11.5 Å². The van der Waals surface area contributed by atoms with Crippen LogP contribution in [0.25, 0.3) is 10.9 Å². The van der Waals surface area contributed by atoms with E-state index in [0.29, 0.717) is 33.8 Å². The van der Waals surface area contributed by atoms with Crippen molar-refractivity contribution >= 4 is 67.2 Å². The van der Waals surface area contributed by atoms with Crippen molar-refractivity contribution in [1.29, 1.82) is 0 Å². The van der Waals surface area contributed by atoms with E-state index in [-0.39, 0.29) is 24.0 Å². The molecule has 0 unspecified atom stereocenters. The van der Waals surface area contributed by atoms with Crippen molar-refractivity contribution in [2.75, 3.05) is 19.0 Å². The second-order valence-corrected chi connectivity index (χ2v) is 10.9. The molecule has 0 radical (unpaired) electrons. The summed E-state index contributed by atoms with van der Waals surface area (Å²) in [6.45, 7) is 5.67. The maximum atomic E-state index is 13.3. The fourth-order valence-electron chi connectivity index (χ4n) is 3.77. The summed E-state index contributed by atoms with van der Waals surface area (Å²) >= 11 is 5.54. The van der Waals surface area contributed by atoms with Crippen LogP contribution in [0.1, 0.15) is 36.7 Å². The van der Waals surface area contributed by atoms with Gasteiger partial charge in [0.1, 0.15) is 5.82 Å². The Hall–Kier alpha value is -3.25. The highest BCUT2D eigenvalue weighted by molar-refractivity contribution is 14.1. The third kappa shape index (κ3) is 6.24. The minimum atomic E-state index is -0.279. The van der Waals surface area contributed by atoms with Gasteiger partial charge in [-0.05, 0) is 77.0 Å². The molecule has 0 aliphatic carbocycles. The summed E-state index contributed by atoms with van der Waals surface area (Å²) in [4.78, 5) is 30.4. The van der Waals surface area contributed by atoms with E-state index >= 15 is 0 Å². The standard InChI is InChI=1S/C28H26BrIN4O4/c1-16(2)27-33-23-10-9-19(29)13-20(23)28(36)34(27)31-14-18-11-21(30)26(24(12-18)37-4)38-15-25(35)32-22-8-6-5-7-17(22)3/h5-14,16H,15H2,1-4H3,(H,32,35). The smallest absolute Gasteiger partial charge is 0.282 e. The number of fused-ring (bicyclic) bond motifs is 1. The van der Waals surface area contributed by atoms with Crippen LogP contribution in [0.15, 0.2) is 69.0 Å². The topological polar surface area (TPSA) is 94.8 Å². The summed E-state index contributed by atoms with van der Waals surface area (Å²) in [5, 5.41) is 7.82. The lowest BCUT2D eigenvalue weighted by Crippen LogP contribution is -2.23. The number of hydrogen-bond donors (Lipinski definition) is 1. The predicted molar refractivity (Wildman–Crippen MR) is 162 cm³/mol. The zero-order valence-corrected chi connectivity index (χ0v) is 25.0. The van der Waals surface area contributed by atoms with E-state index in [4.69, 9.17) is 9.47 Å². The molecule has 0 atom stereocenters. The van der Waals surface area contributed by atoms with Crippen LogP contribution >= 0.6 is 38.5 Å². The number of rotatable bonds is 8. The van der Waals surface area contributed by atoms with Crippen LogP contribution in [-0.4, -0.2) is 35.5 Å². The number of nitrogens with zero attached hydrogens (tertiary/aromatic N) is 3. The number of halogens is 2. The van der Waals surface area contributed by atoms with Crippen molar-refractivity contribution in [3.63, 3.8) is 0 Å². The molecule has 0 saturated heterocycles. The van der Waals surface area contributed by atoms with Crippen LogP contribution in [0.5, 0.6) is 11.5 Å². The number of hydrogen-bond acceptors (Lipinski definition) is 6. The number of para-hydroxylation sites is 1. The first-order valence-corrected chi connectivity index (χ1v) is 13.7. The predicted octanol–water partition coefficient (Wildman–Crippen LogP) is 6.10. The lowest BCUT2D eigenvalue weighted by Gasteiger charge is -2.14. The third-order valence-corrected chi connectivity index (χ3v) is 6.99. The van der Waals surface area contributed by atoms with Crippen molar-refractivity contribution in [3.05, 3.63) is 89.9 Å². The van der Waals surface area contributed by atoms with Crippen molar-refractivity contribution in [1.82, 2.24) is 9.66 Å². The number of carbonyl (C=O) groups excluding carboxylic acids is 1. The number of benzene rings is 3. The molecule has 0 aliphatic heterocycles. The SMILES string of the molecule is COc1cc(C=Nn2c(C(C)C)nc3ccc(Br)cc3c2=O)cc(I)c1OCC(=O)Nc1ccccc1C. The lowest BCUT2D eigenvalue weighted by molar-refractivity contribution is -0.118. The largest absolute Gasteiger partial charge is 0.493 e. The molecule has 1 amide bonds. The molecule has 1 N–H and O–H groups in total. The molecule has 0 bridgehead atoms. The zero-order chi connectivity index (χ0) is 27.4. The number of anilines is 1. The number of aryl methyl sites for hydroxylation is 1. The molecule has 4 rings (SSSR count). The molecule has 0 aliphatic rings. The summed E-state index contributed by atoms with van der Waals surface area (Å²) in [5.41, 5.74) is 2.76.